The maximum absolute atomic E-state index is 11.5. The van der Waals surface area contributed by atoms with Gasteiger partial charge in [-0.1, -0.05) is 25.5 Å². The summed E-state index contributed by atoms with van der Waals surface area (Å²) in [7, 11) is 0. The van der Waals surface area contributed by atoms with Crippen molar-refractivity contribution in [2.45, 2.75) is 47.0 Å². The largest absolute Gasteiger partial charge is 0.291 e. The molecule has 0 saturated heterocycles. The second kappa shape index (κ2) is 4.30. The van der Waals surface area contributed by atoms with Crippen LogP contribution < -0.4 is 0 Å². The van der Waals surface area contributed by atoms with E-state index >= 15 is 0 Å². The van der Waals surface area contributed by atoms with Gasteiger partial charge in [-0.3, -0.25) is 9.59 Å². The fourth-order valence-electron chi connectivity index (χ4n) is 2.37. The number of rotatable bonds is 3. The summed E-state index contributed by atoms with van der Waals surface area (Å²) in [5, 5.41) is 0. The van der Waals surface area contributed by atoms with Crippen LogP contribution in [0, 0.1) is 11.3 Å². The molecule has 0 fully saturated rings. The molecule has 0 bridgehead atoms. The minimum absolute atomic E-state index is 0.143. The van der Waals surface area contributed by atoms with Crippen LogP contribution in [0.1, 0.15) is 47.0 Å². The maximum atomic E-state index is 11.5. The highest BCUT2D eigenvalue weighted by molar-refractivity contribution is 6.36. The first-order chi connectivity index (χ1) is 6.84. The molecule has 0 saturated carbocycles. The van der Waals surface area contributed by atoms with Gasteiger partial charge in [-0.2, -0.15) is 0 Å². The lowest BCUT2D eigenvalue weighted by Crippen LogP contribution is -2.31. The second-order valence-corrected chi connectivity index (χ2v) is 5.21. The Labute approximate surface area is 91.7 Å². The van der Waals surface area contributed by atoms with Crippen LogP contribution in [0.25, 0.3) is 0 Å². The summed E-state index contributed by atoms with van der Waals surface area (Å²) < 4.78 is 0. The normalized spacial score (nSPS) is 24.5. The van der Waals surface area contributed by atoms with Crippen molar-refractivity contribution in [2.75, 3.05) is 0 Å². The van der Waals surface area contributed by atoms with Crippen LogP contribution >= 0.6 is 0 Å². The molecule has 0 radical (unpaired) electrons. The summed E-state index contributed by atoms with van der Waals surface area (Å²) in [6.07, 6.45) is 4.76. The standard InChI is InChI=1S/C13H20O2/c1-9-6-5-7-13(3,4)11(9)8-12(15)10(2)14/h6,11H,5,7-8H2,1-4H3. The molecule has 0 heterocycles. The van der Waals surface area contributed by atoms with Crippen molar-refractivity contribution in [1.29, 1.82) is 0 Å². The average Bonchev–Trinajstić information content (AvgIpc) is 2.10. The van der Waals surface area contributed by atoms with Crippen molar-refractivity contribution in [3.8, 4) is 0 Å². The Balaban J connectivity index is 2.81. The van der Waals surface area contributed by atoms with Gasteiger partial charge in [-0.25, -0.2) is 0 Å². The Morgan fingerprint density at radius 1 is 1.47 bits per heavy atom. The summed E-state index contributed by atoms with van der Waals surface area (Å²) in [4.78, 5) is 22.4. The van der Waals surface area contributed by atoms with Gasteiger partial charge in [0.15, 0.2) is 11.6 Å². The predicted molar refractivity (Wildman–Crippen MR) is 60.6 cm³/mol. The maximum Gasteiger partial charge on any atom is 0.198 e. The number of carbonyl (C=O) groups is 2. The van der Waals surface area contributed by atoms with Gasteiger partial charge in [-0.15, -0.1) is 0 Å². The van der Waals surface area contributed by atoms with Gasteiger partial charge in [0.2, 0.25) is 0 Å². The van der Waals surface area contributed by atoms with Gasteiger partial charge in [0.25, 0.3) is 0 Å². The third-order valence-electron chi connectivity index (χ3n) is 3.53. The zero-order chi connectivity index (χ0) is 11.6. The van der Waals surface area contributed by atoms with Gasteiger partial charge in [0.05, 0.1) is 0 Å². The molecular formula is C13H20O2. The van der Waals surface area contributed by atoms with Gasteiger partial charge >= 0.3 is 0 Å². The van der Waals surface area contributed by atoms with Gasteiger partial charge < -0.3 is 0 Å². The number of carbonyl (C=O) groups excluding carboxylic acids is 2. The molecule has 1 aliphatic carbocycles. The molecule has 0 aromatic carbocycles. The van der Waals surface area contributed by atoms with Crippen molar-refractivity contribution in [3.05, 3.63) is 11.6 Å². The Kier molecular flexibility index (Phi) is 3.48. The SMILES string of the molecule is CC(=O)C(=O)CC1C(C)=CCCC1(C)C. The first-order valence-electron chi connectivity index (χ1n) is 5.55. The number of hydrogen-bond acceptors (Lipinski definition) is 2. The third-order valence-corrected chi connectivity index (χ3v) is 3.53. The lowest BCUT2D eigenvalue weighted by molar-refractivity contribution is -0.136. The first kappa shape index (κ1) is 12.2. The Morgan fingerprint density at radius 2 is 2.07 bits per heavy atom. The fourth-order valence-corrected chi connectivity index (χ4v) is 2.37. The molecular weight excluding hydrogens is 188 g/mol. The van der Waals surface area contributed by atoms with Gasteiger partial charge in [-0.05, 0) is 31.1 Å². The van der Waals surface area contributed by atoms with E-state index in [0.29, 0.717) is 6.42 Å². The summed E-state index contributed by atoms with van der Waals surface area (Å²) in [5.74, 6) is -0.311. The van der Waals surface area contributed by atoms with Crippen LogP contribution in [0.3, 0.4) is 0 Å². The smallest absolute Gasteiger partial charge is 0.198 e. The van der Waals surface area contributed by atoms with Crippen molar-refractivity contribution >= 4 is 11.6 Å². The molecule has 0 N–H and O–H groups in total. The second-order valence-electron chi connectivity index (χ2n) is 5.21. The molecule has 0 aliphatic heterocycles. The number of ketones is 2. The molecule has 0 amide bonds. The summed E-state index contributed by atoms with van der Waals surface area (Å²) in [6, 6.07) is 0. The Bertz CT molecular complexity index is 310. The molecule has 15 heavy (non-hydrogen) atoms. The van der Waals surface area contributed by atoms with E-state index in [1.807, 2.05) is 0 Å². The quantitative estimate of drug-likeness (QED) is 0.528. The number of allylic oxidation sites excluding steroid dienone is 2. The van der Waals surface area contributed by atoms with E-state index in [1.165, 1.54) is 12.5 Å². The fraction of sp³-hybridized carbons (Fsp3) is 0.692. The van der Waals surface area contributed by atoms with Crippen molar-refractivity contribution < 1.29 is 9.59 Å². The topological polar surface area (TPSA) is 34.1 Å². The van der Waals surface area contributed by atoms with E-state index in [-0.39, 0.29) is 22.9 Å². The van der Waals surface area contributed by atoms with E-state index in [2.05, 4.69) is 26.8 Å². The van der Waals surface area contributed by atoms with E-state index in [9.17, 15) is 9.59 Å². The summed E-state index contributed by atoms with van der Waals surface area (Å²) in [6.45, 7) is 7.79. The van der Waals surface area contributed by atoms with Crippen LogP contribution in [-0.4, -0.2) is 11.6 Å². The highest BCUT2D eigenvalue weighted by Crippen LogP contribution is 2.42. The van der Waals surface area contributed by atoms with Crippen LogP contribution in [0.5, 0.6) is 0 Å². The molecule has 0 aromatic heterocycles. The minimum atomic E-state index is -0.316. The highest BCUT2D eigenvalue weighted by Gasteiger charge is 2.34. The van der Waals surface area contributed by atoms with Crippen LogP contribution in [0.2, 0.25) is 0 Å². The van der Waals surface area contributed by atoms with Gasteiger partial charge in [0.1, 0.15) is 0 Å². The molecule has 1 unspecified atom stereocenters. The monoisotopic (exact) mass is 208 g/mol. The van der Waals surface area contributed by atoms with Crippen molar-refractivity contribution in [2.24, 2.45) is 11.3 Å². The van der Waals surface area contributed by atoms with Crippen LogP contribution in [0.15, 0.2) is 11.6 Å². The van der Waals surface area contributed by atoms with Crippen molar-refractivity contribution in [3.63, 3.8) is 0 Å². The predicted octanol–water partition coefficient (Wildman–Crippen LogP) is 2.92. The molecule has 0 spiro atoms. The lowest BCUT2D eigenvalue weighted by Gasteiger charge is -2.38. The molecule has 84 valence electrons. The van der Waals surface area contributed by atoms with E-state index in [0.717, 1.165) is 12.8 Å². The van der Waals surface area contributed by atoms with E-state index in [4.69, 9.17) is 0 Å². The number of Topliss-reactive ketones (excluding diaryl/α,β-unsaturated/α-hetero) is 2. The van der Waals surface area contributed by atoms with Crippen LogP contribution in [0.4, 0.5) is 0 Å². The zero-order valence-corrected chi connectivity index (χ0v) is 10.1. The van der Waals surface area contributed by atoms with E-state index < -0.39 is 0 Å². The Hall–Kier alpha value is -0.920. The minimum Gasteiger partial charge on any atom is -0.291 e. The first-order valence-corrected chi connectivity index (χ1v) is 5.55. The third kappa shape index (κ3) is 2.77. The molecule has 1 rings (SSSR count). The lowest BCUT2D eigenvalue weighted by atomic mass is 9.67. The zero-order valence-electron chi connectivity index (χ0n) is 10.1. The molecule has 0 aromatic rings. The molecule has 2 nitrogen and oxygen atoms in total. The van der Waals surface area contributed by atoms with E-state index in [1.54, 1.807) is 0 Å². The molecule has 1 atom stereocenters. The van der Waals surface area contributed by atoms with Gasteiger partial charge in [0, 0.05) is 13.3 Å². The van der Waals surface area contributed by atoms with Crippen LogP contribution in [-0.2, 0) is 9.59 Å². The molecule has 2 heteroatoms. The summed E-state index contributed by atoms with van der Waals surface area (Å²) >= 11 is 0. The highest BCUT2D eigenvalue weighted by atomic mass is 16.2. The average molecular weight is 208 g/mol. The summed E-state index contributed by atoms with van der Waals surface area (Å²) in [5.41, 5.74) is 1.41. The number of hydrogen-bond donors (Lipinski definition) is 0. The molecule has 1 aliphatic rings. The Morgan fingerprint density at radius 3 is 2.53 bits per heavy atom. The van der Waals surface area contributed by atoms with Crippen molar-refractivity contribution in [1.82, 2.24) is 0 Å².